The van der Waals surface area contributed by atoms with Crippen LogP contribution in [0.4, 0.5) is 5.69 Å². The van der Waals surface area contributed by atoms with Gasteiger partial charge in [-0.2, -0.15) is 5.10 Å². The number of benzene rings is 3. The molecule has 2 amide bonds. The van der Waals surface area contributed by atoms with E-state index in [2.05, 4.69) is 15.8 Å². The lowest BCUT2D eigenvalue weighted by Crippen LogP contribution is -2.32. The normalized spacial score (nSPS) is 11.0. The number of anilines is 1. The van der Waals surface area contributed by atoms with Crippen molar-refractivity contribution in [3.8, 4) is 5.75 Å². The highest BCUT2D eigenvalue weighted by molar-refractivity contribution is 6.40. The lowest BCUT2D eigenvalue weighted by Gasteiger charge is -2.08. The zero-order valence-corrected chi connectivity index (χ0v) is 19.1. The number of halogens is 1. The van der Waals surface area contributed by atoms with Crippen LogP contribution in [0.5, 0.6) is 5.75 Å². The lowest BCUT2D eigenvalue weighted by molar-refractivity contribution is -0.136. The van der Waals surface area contributed by atoms with E-state index in [-0.39, 0.29) is 0 Å². The van der Waals surface area contributed by atoms with Gasteiger partial charge < -0.3 is 10.1 Å². The zero-order valence-electron chi connectivity index (χ0n) is 18.3. The number of hydrogen-bond acceptors (Lipinski definition) is 5. The number of hydrogen-bond donors (Lipinski definition) is 2. The first-order valence-corrected chi connectivity index (χ1v) is 10.4. The van der Waals surface area contributed by atoms with Crippen LogP contribution in [0, 0.1) is 13.8 Å². The zero-order chi connectivity index (χ0) is 24.0. The molecular weight excluding hydrogens is 442 g/mol. The lowest BCUT2D eigenvalue weighted by atomic mass is 10.1. The minimum absolute atomic E-state index is 0.375. The summed E-state index contributed by atoms with van der Waals surface area (Å²) >= 11 is 6.02. The molecule has 0 saturated heterocycles. The number of ether oxygens (including phenoxy) is 1. The second kappa shape index (κ2) is 10.6. The standard InChI is InChI=1S/C25H22ClN3O4/c1-15-6-4-5-7-21(15)25(32)33-20-12-9-18(10-13-20)17(3)28-29-24(31)23(30)27-19-11-8-16(2)22(26)14-19/h4-14H,1-3H3,(H,27,30)(H,29,31)/b28-17+. The van der Waals surface area contributed by atoms with Gasteiger partial charge in [-0.15, -0.1) is 0 Å². The summed E-state index contributed by atoms with van der Waals surface area (Å²) in [5.74, 6) is -1.86. The van der Waals surface area contributed by atoms with E-state index in [1.54, 1.807) is 61.5 Å². The van der Waals surface area contributed by atoms with E-state index in [1.165, 1.54) is 0 Å². The van der Waals surface area contributed by atoms with Crippen LogP contribution in [0.15, 0.2) is 71.8 Å². The van der Waals surface area contributed by atoms with Crippen molar-refractivity contribution in [2.24, 2.45) is 5.10 Å². The van der Waals surface area contributed by atoms with E-state index in [9.17, 15) is 14.4 Å². The maximum absolute atomic E-state index is 12.3. The predicted octanol–water partition coefficient (Wildman–Crippen LogP) is 4.65. The van der Waals surface area contributed by atoms with Gasteiger partial charge in [-0.05, 0) is 79.9 Å². The van der Waals surface area contributed by atoms with Crippen LogP contribution in [0.1, 0.15) is 34.0 Å². The predicted molar refractivity (Wildman–Crippen MR) is 128 cm³/mol. The van der Waals surface area contributed by atoms with Gasteiger partial charge in [-0.25, -0.2) is 10.2 Å². The van der Waals surface area contributed by atoms with Crippen molar-refractivity contribution in [3.05, 3.63) is 94.0 Å². The molecule has 168 valence electrons. The molecule has 0 saturated carbocycles. The van der Waals surface area contributed by atoms with Crippen molar-refractivity contribution >= 4 is 40.8 Å². The molecule has 0 unspecified atom stereocenters. The maximum Gasteiger partial charge on any atom is 0.343 e. The molecule has 0 aliphatic rings. The van der Waals surface area contributed by atoms with Gasteiger partial charge in [-0.3, -0.25) is 9.59 Å². The number of amides is 2. The van der Waals surface area contributed by atoms with Crippen LogP contribution < -0.4 is 15.5 Å². The van der Waals surface area contributed by atoms with Gasteiger partial charge in [0.05, 0.1) is 11.3 Å². The van der Waals surface area contributed by atoms with Crippen LogP contribution in [0.25, 0.3) is 0 Å². The maximum atomic E-state index is 12.3. The van der Waals surface area contributed by atoms with Crippen molar-refractivity contribution in [1.82, 2.24) is 5.43 Å². The van der Waals surface area contributed by atoms with Crippen molar-refractivity contribution < 1.29 is 19.1 Å². The smallest absolute Gasteiger partial charge is 0.343 e. The molecule has 7 nitrogen and oxygen atoms in total. The largest absolute Gasteiger partial charge is 0.423 e. The molecule has 3 rings (SSSR count). The first kappa shape index (κ1) is 23.7. The quantitative estimate of drug-likeness (QED) is 0.189. The second-order valence-corrected chi connectivity index (χ2v) is 7.69. The molecule has 0 spiro atoms. The molecule has 3 aromatic rings. The Morgan fingerprint density at radius 1 is 0.879 bits per heavy atom. The number of nitrogens with one attached hydrogen (secondary N) is 2. The summed E-state index contributed by atoms with van der Waals surface area (Å²) in [6.45, 7) is 5.34. The minimum Gasteiger partial charge on any atom is -0.423 e. The third-order valence-electron chi connectivity index (χ3n) is 4.81. The van der Waals surface area contributed by atoms with Crippen molar-refractivity contribution in [2.75, 3.05) is 5.32 Å². The Balaban J connectivity index is 1.58. The minimum atomic E-state index is -0.921. The van der Waals surface area contributed by atoms with Crippen LogP contribution in [-0.2, 0) is 9.59 Å². The fourth-order valence-corrected chi connectivity index (χ4v) is 3.02. The number of carbonyl (C=O) groups excluding carboxylic acids is 3. The molecule has 3 aromatic carbocycles. The van der Waals surface area contributed by atoms with Gasteiger partial charge in [0.1, 0.15) is 5.75 Å². The van der Waals surface area contributed by atoms with Gasteiger partial charge in [0, 0.05) is 10.7 Å². The fourth-order valence-electron chi connectivity index (χ4n) is 2.84. The summed E-state index contributed by atoms with van der Waals surface area (Å²) in [6, 6.07) is 18.7. The highest BCUT2D eigenvalue weighted by atomic mass is 35.5. The van der Waals surface area contributed by atoms with Crippen LogP contribution in [0.3, 0.4) is 0 Å². The topological polar surface area (TPSA) is 96.9 Å². The third-order valence-corrected chi connectivity index (χ3v) is 5.22. The van der Waals surface area contributed by atoms with Gasteiger partial charge in [0.2, 0.25) is 0 Å². The molecule has 0 fully saturated rings. The van der Waals surface area contributed by atoms with Crippen LogP contribution in [-0.4, -0.2) is 23.5 Å². The Morgan fingerprint density at radius 2 is 1.58 bits per heavy atom. The van der Waals surface area contributed by atoms with E-state index in [4.69, 9.17) is 16.3 Å². The molecule has 0 heterocycles. The Bertz CT molecular complexity index is 1240. The number of hydrazone groups is 1. The van der Waals surface area contributed by atoms with Crippen molar-refractivity contribution in [2.45, 2.75) is 20.8 Å². The van der Waals surface area contributed by atoms with E-state index >= 15 is 0 Å². The molecule has 0 aliphatic heterocycles. The van der Waals surface area contributed by atoms with Gasteiger partial charge in [0.15, 0.2) is 0 Å². The third kappa shape index (κ3) is 6.27. The Morgan fingerprint density at radius 3 is 2.24 bits per heavy atom. The molecule has 33 heavy (non-hydrogen) atoms. The summed E-state index contributed by atoms with van der Waals surface area (Å²) < 4.78 is 5.41. The van der Waals surface area contributed by atoms with Gasteiger partial charge in [0.25, 0.3) is 0 Å². The average molecular weight is 464 g/mol. The van der Waals surface area contributed by atoms with Crippen LogP contribution in [0.2, 0.25) is 5.02 Å². The van der Waals surface area contributed by atoms with Gasteiger partial charge >= 0.3 is 17.8 Å². The molecule has 8 heteroatoms. The van der Waals surface area contributed by atoms with Gasteiger partial charge in [-0.1, -0.05) is 35.9 Å². The van der Waals surface area contributed by atoms with Crippen molar-refractivity contribution in [1.29, 1.82) is 0 Å². The SMILES string of the molecule is C/C(=N\NC(=O)C(=O)Nc1ccc(C)c(Cl)c1)c1ccc(OC(=O)c2ccccc2C)cc1. The highest BCUT2D eigenvalue weighted by Gasteiger charge is 2.14. The Kier molecular flexibility index (Phi) is 7.58. The molecule has 0 bridgehead atoms. The number of rotatable bonds is 5. The second-order valence-electron chi connectivity index (χ2n) is 7.29. The first-order chi connectivity index (χ1) is 15.7. The molecule has 0 aliphatic carbocycles. The summed E-state index contributed by atoms with van der Waals surface area (Å²) in [6.07, 6.45) is 0. The van der Waals surface area contributed by atoms with E-state index in [1.807, 2.05) is 26.0 Å². The monoisotopic (exact) mass is 463 g/mol. The first-order valence-electron chi connectivity index (χ1n) is 10.0. The summed E-state index contributed by atoms with van der Waals surface area (Å²) in [5, 5.41) is 6.91. The molecule has 0 radical (unpaired) electrons. The highest BCUT2D eigenvalue weighted by Crippen LogP contribution is 2.20. The number of aryl methyl sites for hydroxylation is 2. The average Bonchev–Trinajstić information content (AvgIpc) is 2.80. The van der Waals surface area contributed by atoms with Crippen LogP contribution >= 0.6 is 11.6 Å². The number of carbonyl (C=O) groups is 3. The Labute approximate surface area is 196 Å². The molecule has 0 atom stereocenters. The number of esters is 1. The summed E-state index contributed by atoms with van der Waals surface area (Å²) in [4.78, 5) is 36.4. The van der Waals surface area contributed by atoms with E-state index in [0.29, 0.717) is 33.3 Å². The van der Waals surface area contributed by atoms with E-state index in [0.717, 1.165) is 11.1 Å². The molecule has 0 aromatic heterocycles. The summed E-state index contributed by atoms with van der Waals surface area (Å²) in [5.41, 5.74) is 5.94. The Hall–Kier alpha value is -3.97. The molecular formula is C25H22ClN3O4. The summed E-state index contributed by atoms with van der Waals surface area (Å²) in [7, 11) is 0. The van der Waals surface area contributed by atoms with Crippen molar-refractivity contribution in [3.63, 3.8) is 0 Å². The molecule has 2 N–H and O–H groups in total. The number of nitrogens with zero attached hydrogens (tertiary/aromatic N) is 1. The van der Waals surface area contributed by atoms with E-state index < -0.39 is 17.8 Å². The fraction of sp³-hybridized carbons (Fsp3) is 0.120.